The summed E-state index contributed by atoms with van der Waals surface area (Å²) in [6.07, 6.45) is 8.41. The van der Waals surface area contributed by atoms with Crippen molar-refractivity contribution in [3.63, 3.8) is 0 Å². The van der Waals surface area contributed by atoms with Crippen LogP contribution in [0.3, 0.4) is 0 Å². The van der Waals surface area contributed by atoms with Crippen molar-refractivity contribution in [2.75, 3.05) is 6.54 Å². The van der Waals surface area contributed by atoms with E-state index < -0.39 is 10.0 Å². The van der Waals surface area contributed by atoms with E-state index in [0.717, 1.165) is 5.69 Å². The Morgan fingerprint density at radius 2 is 1.78 bits per heavy atom. The summed E-state index contributed by atoms with van der Waals surface area (Å²) < 4.78 is 36.8. The van der Waals surface area contributed by atoms with E-state index in [4.69, 9.17) is 4.42 Å². The molecule has 27 heavy (non-hydrogen) atoms. The summed E-state index contributed by atoms with van der Waals surface area (Å²) in [7, 11) is -3.69. The average Bonchev–Trinajstić information content (AvgIpc) is 3.44. The van der Waals surface area contributed by atoms with Crippen LogP contribution in [0.5, 0.6) is 0 Å². The second-order valence-corrected chi connectivity index (χ2v) is 7.58. The van der Waals surface area contributed by atoms with Gasteiger partial charge in [-0.25, -0.2) is 17.8 Å². The molecule has 1 N–H and O–H groups in total. The van der Waals surface area contributed by atoms with Crippen molar-refractivity contribution in [1.29, 1.82) is 0 Å². The molecule has 0 aliphatic carbocycles. The van der Waals surface area contributed by atoms with Crippen LogP contribution in [0.4, 0.5) is 0 Å². The van der Waals surface area contributed by atoms with Crippen LogP contribution in [0.15, 0.2) is 88.9 Å². The fraction of sp³-hybridized carbons (Fsp3) is 0.111. The molecule has 0 saturated carbocycles. The highest BCUT2D eigenvalue weighted by Gasteiger charge is 2.21. The van der Waals surface area contributed by atoms with Crippen LogP contribution in [-0.4, -0.2) is 34.5 Å². The third-order valence-corrected chi connectivity index (χ3v) is 5.54. The molecule has 0 spiro atoms. The van der Waals surface area contributed by atoms with E-state index in [9.17, 15) is 8.42 Å². The van der Waals surface area contributed by atoms with E-state index in [1.165, 1.54) is 0 Å². The summed E-state index contributed by atoms with van der Waals surface area (Å²) in [4.78, 5) is 0.178. The van der Waals surface area contributed by atoms with Crippen LogP contribution in [0, 0.1) is 0 Å². The van der Waals surface area contributed by atoms with Gasteiger partial charge in [-0.2, -0.15) is 10.2 Å². The number of rotatable bonds is 7. The van der Waals surface area contributed by atoms with Gasteiger partial charge in [-0.05, 0) is 48.5 Å². The molecule has 1 atom stereocenters. The van der Waals surface area contributed by atoms with E-state index in [1.54, 1.807) is 88.9 Å². The molecule has 1 aromatic carbocycles. The highest BCUT2D eigenvalue weighted by atomic mass is 32.2. The second-order valence-electron chi connectivity index (χ2n) is 5.81. The van der Waals surface area contributed by atoms with Crippen LogP contribution in [0.25, 0.3) is 5.69 Å². The number of nitrogens with zero attached hydrogens (tertiary/aromatic N) is 4. The van der Waals surface area contributed by atoms with Crippen molar-refractivity contribution in [2.45, 2.75) is 10.9 Å². The van der Waals surface area contributed by atoms with Gasteiger partial charge in [-0.15, -0.1) is 0 Å². The third kappa shape index (κ3) is 3.69. The number of sulfonamides is 1. The Morgan fingerprint density at radius 1 is 1.00 bits per heavy atom. The largest absolute Gasteiger partial charge is 0.467 e. The summed E-state index contributed by atoms with van der Waals surface area (Å²) in [6.45, 7) is 0.110. The smallest absolute Gasteiger partial charge is 0.240 e. The number of hydrogen-bond donors (Lipinski definition) is 1. The lowest BCUT2D eigenvalue weighted by Crippen LogP contribution is -2.31. The van der Waals surface area contributed by atoms with Crippen LogP contribution < -0.4 is 4.72 Å². The molecule has 0 aliphatic heterocycles. The molecule has 4 aromatic rings. The first kappa shape index (κ1) is 17.3. The molecule has 0 saturated heterocycles. The summed E-state index contributed by atoms with van der Waals surface area (Å²) in [5, 5.41) is 8.32. The lowest BCUT2D eigenvalue weighted by molar-refractivity contribution is 0.402. The van der Waals surface area contributed by atoms with Crippen LogP contribution >= 0.6 is 0 Å². The molecule has 0 unspecified atom stereocenters. The fourth-order valence-corrected chi connectivity index (χ4v) is 3.78. The minimum Gasteiger partial charge on any atom is -0.467 e. The minimum absolute atomic E-state index is 0.110. The first-order valence-electron chi connectivity index (χ1n) is 8.26. The van der Waals surface area contributed by atoms with Crippen molar-refractivity contribution in [1.82, 2.24) is 24.3 Å². The topological polar surface area (TPSA) is 95.0 Å². The van der Waals surface area contributed by atoms with Crippen LogP contribution in [0.1, 0.15) is 11.8 Å². The summed E-state index contributed by atoms with van der Waals surface area (Å²) in [5.41, 5.74) is 0.781. The molecule has 0 bridgehead atoms. The number of furan rings is 1. The zero-order valence-corrected chi connectivity index (χ0v) is 15.0. The van der Waals surface area contributed by atoms with Gasteiger partial charge in [0.05, 0.1) is 16.8 Å². The molecular weight excluding hydrogens is 366 g/mol. The van der Waals surface area contributed by atoms with Crippen LogP contribution in [0.2, 0.25) is 0 Å². The van der Waals surface area contributed by atoms with E-state index in [1.807, 2.05) is 0 Å². The quantitative estimate of drug-likeness (QED) is 0.528. The van der Waals surface area contributed by atoms with Gasteiger partial charge >= 0.3 is 0 Å². The molecule has 0 amide bonds. The van der Waals surface area contributed by atoms with Crippen molar-refractivity contribution in [2.24, 2.45) is 0 Å². The molecular formula is C18H17N5O3S. The normalized spacial score (nSPS) is 12.9. The summed E-state index contributed by atoms with van der Waals surface area (Å²) in [6, 6.07) is 13.3. The zero-order valence-electron chi connectivity index (χ0n) is 14.2. The highest BCUT2D eigenvalue weighted by molar-refractivity contribution is 7.89. The van der Waals surface area contributed by atoms with Crippen molar-refractivity contribution in [3.05, 3.63) is 85.3 Å². The first-order valence-corrected chi connectivity index (χ1v) is 9.74. The standard InChI is InChI=1S/C18H17N5O3S/c24-27(25,16-7-5-15(6-8-16)22-11-2-9-19-22)21-14-17(18-4-1-13-26-18)23-12-3-10-20-23/h1-13,17,21H,14H2/t17-/m1/s1. The number of nitrogens with one attached hydrogen (secondary N) is 1. The molecule has 3 aromatic heterocycles. The highest BCUT2D eigenvalue weighted by Crippen LogP contribution is 2.19. The monoisotopic (exact) mass is 383 g/mol. The Balaban J connectivity index is 1.52. The minimum atomic E-state index is -3.69. The average molecular weight is 383 g/mol. The van der Waals surface area contributed by atoms with Crippen molar-refractivity contribution in [3.8, 4) is 5.69 Å². The van der Waals surface area contributed by atoms with Gasteiger partial charge in [0.1, 0.15) is 11.8 Å². The Hall–Kier alpha value is -3.17. The van der Waals surface area contributed by atoms with Crippen molar-refractivity contribution < 1.29 is 12.8 Å². The van der Waals surface area contributed by atoms with Crippen molar-refractivity contribution >= 4 is 10.0 Å². The Bertz CT molecular complexity index is 1040. The van der Waals surface area contributed by atoms with Gasteiger partial charge in [0.25, 0.3) is 0 Å². The van der Waals surface area contributed by atoms with Gasteiger partial charge in [-0.3, -0.25) is 4.68 Å². The number of aromatic nitrogens is 4. The Morgan fingerprint density at radius 3 is 2.41 bits per heavy atom. The SMILES string of the molecule is O=S(=O)(NC[C@H](c1ccco1)n1cccn1)c1ccc(-n2cccn2)cc1. The molecule has 0 radical (unpaired) electrons. The number of hydrogen-bond acceptors (Lipinski definition) is 5. The van der Waals surface area contributed by atoms with E-state index >= 15 is 0 Å². The second kappa shape index (κ2) is 7.22. The Labute approximate surface area is 156 Å². The van der Waals surface area contributed by atoms with E-state index in [0.29, 0.717) is 5.76 Å². The van der Waals surface area contributed by atoms with Gasteiger partial charge in [0.15, 0.2) is 0 Å². The maximum absolute atomic E-state index is 12.7. The molecule has 8 nitrogen and oxygen atoms in total. The lowest BCUT2D eigenvalue weighted by atomic mass is 10.2. The van der Waals surface area contributed by atoms with Gasteiger partial charge < -0.3 is 4.42 Å². The predicted molar refractivity (Wildman–Crippen MR) is 97.8 cm³/mol. The molecule has 4 rings (SSSR count). The maximum atomic E-state index is 12.7. The summed E-state index contributed by atoms with van der Waals surface area (Å²) in [5.74, 6) is 0.621. The van der Waals surface area contributed by atoms with Crippen LogP contribution in [-0.2, 0) is 10.0 Å². The zero-order chi connectivity index (χ0) is 18.7. The molecule has 0 aliphatic rings. The third-order valence-electron chi connectivity index (χ3n) is 4.10. The Kier molecular flexibility index (Phi) is 4.61. The van der Waals surface area contributed by atoms with Gasteiger partial charge in [-0.1, -0.05) is 0 Å². The first-order chi connectivity index (χ1) is 13.1. The predicted octanol–water partition coefficient (Wildman–Crippen LogP) is 2.23. The molecule has 138 valence electrons. The van der Waals surface area contributed by atoms with E-state index in [-0.39, 0.29) is 17.5 Å². The van der Waals surface area contributed by atoms with E-state index in [2.05, 4.69) is 14.9 Å². The van der Waals surface area contributed by atoms with Gasteiger partial charge in [0.2, 0.25) is 10.0 Å². The maximum Gasteiger partial charge on any atom is 0.240 e. The molecule has 9 heteroatoms. The molecule has 3 heterocycles. The fourth-order valence-electron chi connectivity index (χ4n) is 2.74. The van der Waals surface area contributed by atoms with Gasteiger partial charge in [0, 0.05) is 31.3 Å². The summed E-state index contributed by atoms with van der Waals surface area (Å²) >= 11 is 0. The lowest BCUT2D eigenvalue weighted by Gasteiger charge is -2.16. The number of benzene rings is 1. The molecule has 0 fully saturated rings.